The molecule has 2 N–H and O–H groups in total. The third-order valence-electron chi connectivity index (χ3n) is 4.42. The van der Waals surface area contributed by atoms with Crippen molar-refractivity contribution < 1.29 is 19.1 Å². The first-order chi connectivity index (χ1) is 15.5. The van der Waals surface area contributed by atoms with Gasteiger partial charge in [0.05, 0.1) is 12.9 Å². The van der Waals surface area contributed by atoms with Crippen LogP contribution in [-0.2, 0) is 27.8 Å². The number of esters is 1. The van der Waals surface area contributed by atoms with Crippen LogP contribution < -0.4 is 10.6 Å². The van der Waals surface area contributed by atoms with E-state index in [0.717, 1.165) is 5.56 Å². The predicted octanol–water partition coefficient (Wildman–Crippen LogP) is 1.45. The number of anilines is 1. The van der Waals surface area contributed by atoms with E-state index in [9.17, 15) is 14.4 Å². The summed E-state index contributed by atoms with van der Waals surface area (Å²) < 4.78 is 6.30. The Morgan fingerprint density at radius 1 is 1.09 bits per heavy atom. The van der Waals surface area contributed by atoms with Gasteiger partial charge in [-0.1, -0.05) is 42.1 Å². The highest BCUT2D eigenvalue weighted by Crippen LogP contribution is 2.15. The molecule has 0 unspecified atom stereocenters. The van der Waals surface area contributed by atoms with E-state index in [1.165, 1.54) is 23.6 Å². The number of aryl methyl sites for hydroxylation is 1. The third-order valence-corrected chi connectivity index (χ3v) is 5.43. The fraction of sp³-hybridized carbons (Fsp3) is 0.238. The Morgan fingerprint density at radius 3 is 2.44 bits per heavy atom. The average molecular weight is 455 g/mol. The minimum absolute atomic E-state index is 0.136. The van der Waals surface area contributed by atoms with Gasteiger partial charge in [-0.15, -0.1) is 5.10 Å². The van der Waals surface area contributed by atoms with Crippen molar-refractivity contribution in [2.75, 3.05) is 18.2 Å². The second-order valence-corrected chi connectivity index (χ2v) is 7.68. The Kier molecular flexibility index (Phi) is 7.92. The Balaban J connectivity index is 1.56. The number of rotatable bonds is 9. The average Bonchev–Trinajstić information content (AvgIpc) is 3.22. The molecule has 0 aliphatic carbocycles. The van der Waals surface area contributed by atoms with Gasteiger partial charge in [0.15, 0.2) is 0 Å². The van der Waals surface area contributed by atoms with Crippen molar-refractivity contribution in [1.82, 2.24) is 25.5 Å². The maximum absolute atomic E-state index is 12.6. The van der Waals surface area contributed by atoms with Crippen molar-refractivity contribution in [3.8, 4) is 0 Å². The van der Waals surface area contributed by atoms with Gasteiger partial charge in [0.2, 0.25) is 11.1 Å². The summed E-state index contributed by atoms with van der Waals surface area (Å²) >= 11 is 1.21. The second kappa shape index (κ2) is 11.0. The Morgan fingerprint density at radius 2 is 1.81 bits per heavy atom. The summed E-state index contributed by atoms with van der Waals surface area (Å²) in [5, 5.41) is 17.0. The van der Waals surface area contributed by atoms with E-state index in [0.29, 0.717) is 22.8 Å². The quantitative estimate of drug-likeness (QED) is 0.367. The van der Waals surface area contributed by atoms with Crippen LogP contribution in [-0.4, -0.2) is 56.9 Å². The number of nitrogens with one attached hydrogen (secondary N) is 2. The maximum atomic E-state index is 12.6. The van der Waals surface area contributed by atoms with E-state index >= 15 is 0 Å². The lowest BCUT2D eigenvalue weighted by atomic mass is 10.1. The number of thioether (sulfide) groups is 1. The number of carbonyl (C=O) groups excluding carboxylic acids is 3. The zero-order chi connectivity index (χ0) is 22.9. The van der Waals surface area contributed by atoms with Crippen molar-refractivity contribution in [1.29, 1.82) is 0 Å². The summed E-state index contributed by atoms with van der Waals surface area (Å²) in [5.74, 6) is -1.04. The van der Waals surface area contributed by atoms with Crippen LogP contribution in [0.2, 0.25) is 0 Å². The predicted molar refractivity (Wildman–Crippen MR) is 118 cm³/mol. The van der Waals surface area contributed by atoms with Crippen LogP contribution in [0.25, 0.3) is 0 Å². The summed E-state index contributed by atoms with van der Waals surface area (Å²) in [6.07, 6.45) is 0.312. The van der Waals surface area contributed by atoms with E-state index in [1.807, 2.05) is 30.3 Å². The minimum atomic E-state index is -0.818. The van der Waals surface area contributed by atoms with Crippen LogP contribution in [0.1, 0.15) is 15.9 Å². The first-order valence-electron chi connectivity index (χ1n) is 9.64. The summed E-state index contributed by atoms with van der Waals surface area (Å²) in [5.41, 5.74) is 1.79. The number of benzene rings is 2. The van der Waals surface area contributed by atoms with Gasteiger partial charge in [-0.2, -0.15) is 0 Å². The molecule has 2 amide bonds. The Bertz CT molecular complexity index is 1070. The summed E-state index contributed by atoms with van der Waals surface area (Å²) in [6.45, 7) is 0. The molecule has 1 atom stereocenters. The van der Waals surface area contributed by atoms with Crippen LogP contribution in [0, 0.1) is 0 Å². The fourth-order valence-corrected chi connectivity index (χ4v) is 3.45. The zero-order valence-electron chi connectivity index (χ0n) is 17.5. The third kappa shape index (κ3) is 6.38. The largest absolute Gasteiger partial charge is 0.467 e. The lowest BCUT2D eigenvalue weighted by Crippen LogP contribution is -2.43. The van der Waals surface area contributed by atoms with Gasteiger partial charge in [-0.05, 0) is 40.3 Å². The number of nitrogens with zero attached hydrogens (tertiary/aromatic N) is 4. The molecule has 1 aromatic heterocycles. The molecule has 0 radical (unpaired) electrons. The van der Waals surface area contributed by atoms with Gasteiger partial charge in [0.1, 0.15) is 6.04 Å². The van der Waals surface area contributed by atoms with Crippen LogP contribution in [0.5, 0.6) is 0 Å². The number of aromatic nitrogens is 4. The van der Waals surface area contributed by atoms with Crippen molar-refractivity contribution in [3.63, 3.8) is 0 Å². The Labute approximate surface area is 188 Å². The zero-order valence-corrected chi connectivity index (χ0v) is 18.3. The number of methoxy groups -OCH3 is 1. The lowest BCUT2D eigenvalue weighted by molar-refractivity contribution is -0.142. The van der Waals surface area contributed by atoms with Gasteiger partial charge in [0, 0.05) is 24.7 Å². The molecule has 0 spiro atoms. The van der Waals surface area contributed by atoms with E-state index in [2.05, 4.69) is 26.2 Å². The normalized spacial score (nSPS) is 11.4. The van der Waals surface area contributed by atoms with E-state index in [4.69, 9.17) is 4.74 Å². The lowest BCUT2D eigenvalue weighted by Gasteiger charge is -2.17. The topological polar surface area (TPSA) is 128 Å². The number of carbonyl (C=O) groups is 3. The van der Waals surface area contributed by atoms with Crippen molar-refractivity contribution in [3.05, 3.63) is 65.7 Å². The highest BCUT2D eigenvalue weighted by Gasteiger charge is 2.22. The molecule has 11 heteroatoms. The number of amides is 2. The molecule has 3 aromatic rings. The van der Waals surface area contributed by atoms with Crippen molar-refractivity contribution >= 4 is 35.2 Å². The summed E-state index contributed by atoms with van der Waals surface area (Å²) in [6, 6.07) is 14.9. The molecule has 0 aliphatic heterocycles. The van der Waals surface area contributed by atoms with E-state index in [1.54, 1.807) is 31.3 Å². The van der Waals surface area contributed by atoms with Crippen LogP contribution in [0.3, 0.4) is 0 Å². The van der Waals surface area contributed by atoms with Crippen LogP contribution >= 0.6 is 11.8 Å². The van der Waals surface area contributed by atoms with E-state index in [-0.39, 0.29) is 11.7 Å². The molecular weight excluding hydrogens is 432 g/mol. The van der Waals surface area contributed by atoms with Gasteiger partial charge < -0.3 is 15.4 Å². The van der Waals surface area contributed by atoms with Gasteiger partial charge in [-0.3, -0.25) is 9.59 Å². The number of hydrogen-bond acceptors (Lipinski definition) is 8. The van der Waals surface area contributed by atoms with Crippen LogP contribution in [0.4, 0.5) is 5.69 Å². The molecule has 2 aromatic carbocycles. The fourth-order valence-electron chi connectivity index (χ4n) is 2.80. The smallest absolute Gasteiger partial charge is 0.328 e. The molecule has 0 fully saturated rings. The molecule has 0 bridgehead atoms. The van der Waals surface area contributed by atoms with Gasteiger partial charge >= 0.3 is 5.97 Å². The van der Waals surface area contributed by atoms with Gasteiger partial charge in [-0.25, -0.2) is 9.48 Å². The highest BCUT2D eigenvalue weighted by molar-refractivity contribution is 7.99. The maximum Gasteiger partial charge on any atom is 0.328 e. The molecule has 0 saturated carbocycles. The molecule has 166 valence electrons. The van der Waals surface area contributed by atoms with Crippen LogP contribution in [0.15, 0.2) is 59.8 Å². The number of ether oxygens (including phenoxy) is 1. The van der Waals surface area contributed by atoms with Gasteiger partial charge in [0.25, 0.3) is 5.91 Å². The minimum Gasteiger partial charge on any atom is -0.467 e. The highest BCUT2D eigenvalue weighted by atomic mass is 32.2. The van der Waals surface area contributed by atoms with Crippen molar-refractivity contribution in [2.24, 2.45) is 7.05 Å². The Hall–Kier alpha value is -3.73. The number of hydrogen-bond donors (Lipinski definition) is 2. The molecular formula is C21H22N6O4S. The molecule has 10 nitrogen and oxygen atoms in total. The monoisotopic (exact) mass is 454 g/mol. The molecule has 32 heavy (non-hydrogen) atoms. The van der Waals surface area contributed by atoms with Crippen molar-refractivity contribution in [2.45, 2.75) is 17.6 Å². The number of tetrazole rings is 1. The summed E-state index contributed by atoms with van der Waals surface area (Å²) in [7, 11) is 2.97. The first kappa shape index (κ1) is 22.9. The summed E-state index contributed by atoms with van der Waals surface area (Å²) in [4.78, 5) is 36.9. The second-order valence-electron chi connectivity index (χ2n) is 6.74. The standard InChI is InChI=1S/C21H22N6O4S/c1-27-21(24-25-26-27)32-13-18(28)22-16-10-8-15(9-11-16)19(29)23-17(20(30)31-2)12-14-6-4-3-5-7-14/h3-11,17H,12-13H2,1-2H3,(H,22,28)(H,23,29)/t17-/m0/s1. The molecule has 1 heterocycles. The SMILES string of the molecule is COC(=O)[C@H](Cc1ccccc1)NC(=O)c1ccc(NC(=O)CSc2nnnn2C)cc1. The molecule has 3 rings (SSSR count). The van der Waals surface area contributed by atoms with E-state index < -0.39 is 17.9 Å². The molecule has 0 saturated heterocycles. The first-order valence-corrected chi connectivity index (χ1v) is 10.6. The molecule has 0 aliphatic rings.